The van der Waals surface area contributed by atoms with Gasteiger partial charge in [-0.1, -0.05) is 24.3 Å². The number of halogens is 1. The van der Waals surface area contributed by atoms with Crippen LogP contribution in [0.2, 0.25) is 0 Å². The molecule has 5 nitrogen and oxygen atoms in total. The molecule has 0 unspecified atom stereocenters. The Labute approximate surface area is 149 Å². The number of likely N-dealkylation sites (tertiary alicyclic amines) is 1. The Balaban J connectivity index is 1.54. The maximum absolute atomic E-state index is 13.3. The van der Waals surface area contributed by atoms with Crippen LogP contribution >= 0.6 is 0 Å². The van der Waals surface area contributed by atoms with Crippen molar-refractivity contribution in [3.8, 4) is 5.75 Å². The average Bonchev–Trinajstić information content (AvgIpc) is 3.01. The van der Waals surface area contributed by atoms with Gasteiger partial charge < -0.3 is 14.7 Å². The number of amides is 1. The first-order chi connectivity index (χ1) is 12.6. The maximum Gasteiger partial charge on any atom is 0.256 e. The molecule has 26 heavy (non-hydrogen) atoms. The van der Waals surface area contributed by atoms with Crippen LogP contribution in [0.5, 0.6) is 5.75 Å². The van der Waals surface area contributed by atoms with Crippen molar-refractivity contribution in [2.45, 2.75) is 12.2 Å². The van der Waals surface area contributed by atoms with Gasteiger partial charge in [-0.05, 0) is 24.3 Å². The number of aromatic nitrogens is 1. The SMILES string of the molecule is O=C(c1cccc2cccnc12)N1C[C@@H](O)[C@H](Oc2cccc(F)c2)C1. The van der Waals surface area contributed by atoms with E-state index in [1.807, 2.05) is 24.3 Å². The Morgan fingerprint density at radius 1 is 1.15 bits per heavy atom. The second-order valence-corrected chi connectivity index (χ2v) is 6.27. The molecule has 1 fully saturated rings. The highest BCUT2D eigenvalue weighted by Gasteiger charge is 2.36. The molecular weight excluding hydrogens is 335 g/mol. The van der Waals surface area contributed by atoms with E-state index >= 15 is 0 Å². The molecule has 2 atom stereocenters. The first-order valence-electron chi connectivity index (χ1n) is 8.35. The fraction of sp³-hybridized carbons (Fsp3) is 0.200. The summed E-state index contributed by atoms with van der Waals surface area (Å²) in [7, 11) is 0. The Morgan fingerprint density at radius 3 is 2.81 bits per heavy atom. The molecule has 3 aromatic rings. The number of fused-ring (bicyclic) bond motifs is 1. The lowest BCUT2D eigenvalue weighted by Crippen LogP contribution is -2.31. The summed E-state index contributed by atoms with van der Waals surface area (Å²) >= 11 is 0. The summed E-state index contributed by atoms with van der Waals surface area (Å²) in [5.41, 5.74) is 1.12. The van der Waals surface area contributed by atoms with Gasteiger partial charge in [-0.2, -0.15) is 0 Å². The Morgan fingerprint density at radius 2 is 1.96 bits per heavy atom. The van der Waals surface area contributed by atoms with Crippen LogP contribution in [0.25, 0.3) is 10.9 Å². The highest BCUT2D eigenvalue weighted by molar-refractivity contribution is 6.05. The molecule has 0 radical (unpaired) electrons. The van der Waals surface area contributed by atoms with Crippen LogP contribution in [-0.4, -0.2) is 46.2 Å². The van der Waals surface area contributed by atoms with E-state index < -0.39 is 18.0 Å². The van der Waals surface area contributed by atoms with Crippen molar-refractivity contribution in [1.29, 1.82) is 0 Å². The Bertz CT molecular complexity index is 957. The van der Waals surface area contributed by atoms with Gasteiger partial charge in [0.15, 0.2) is 0 Å². The number of aliphatic hydroxyl groups excluding tert-OH is 1. The normalized spacial score (nSPS) is 19.7. The summed E-state index contributed by atoms with van der Waals surface area (Å²) in [6.07, 6.45) is 0.196. The fourth-order valence-corrected chi connectivity index (χ4v) is 3.20. The lowest BCUT2D eigenvalue weighted by molar-refractivity contribution is 0.0728. The van der Waals surface area contributed by atoms with Gasteiger partial charge in [0.1, 0.15) is 23.8 Å². The van der Waals surface area contributed by atoms with Gasteiger partial charge in [-0.15, -0.1) is 0 Å². The Hall–Kier alpha value is -2.99. The quantitative estimate of drug-likeness (QED) is 0.787. The van der Waals surface area contributed by atoms with Gasteiger partial charge in [0.2, 0.25) is 0 Å². The van der Waals surface area contributed by atoms with Crippen molar-refractivity contribution in [2.75, 3.05) is 13.1 Å². The van der Waals surface area contributed by atoms with Gasteiger partial charge in [-0.3, -0.25) is 9.78 Å². The molecule has 2 heterocycles. The molecule has 1 aliphatic heterocycles. The molecule has 1 aliphatic rings. The topological polar surface area (TPSA) is 62.7 Å². The molecule has 6 heteroatoms. The van der Waals surface area contributed by atoms with Gasteiger partial charge in [0.25, 0.3) is 5.91 Å². The highest BCUT2D eigenvalue weighted by Crippen LogP contribution is 2.23. The zero-order valence-electron chi connectivity index (χ0n) is 13.9. The van der Waals surface area contributed by atoms with Gasteiger partial charge in [0.05, 0.1) is 24.2 Å². The van der Waals surface area contributed by atoms with Crippen molar-refractivity contribution in [2.24, 2.45) is 0 Å². The van der Waals surface area contributed by atoms with Crippen molar-refractivity contribution < 1.29 is 19.0 Å². The van der Waals surface area contributed by atoms with E-state index in [2.05, 4.69) is 4.98 Å². The summed E-state index contributed by atoms with van der Waals surface area (Å²) in [6.45, 7) is 0.377. The molecule has 4 rings (SSSR count). The lowest BCUT2D eigenvalue weighted by Gasteiger charge is -2.18. The van der Waals surface area contributed by atoms with Crippen LogP contribution in [0, 0.1) is 5.82 Å². The number of benzene rings is 2. The van der Waals surface area contributed by atoms with Crippen LogP contribution < -0.4 is 4.74 Å². The number of carbonyl (C=O) groups is 1. The lowest BCUT2D eigenvalue weighted by atomic mass is 10.1. The van der Waals surface area contributed by atoms with E-state index in [0.29, 0.717) is 16.8 Å². The predicted octanol–water partition coefficient (Wildman–Crippen LogP) is 2.64. The van der Waals surface area contributed by atoms with Crippen molar-refractivity contribution in [3.63, 3.8) is 0 Å². The maximum atomic E-state index is 13.3. The molecule has 1 amide bonds. The van der Waals surface area contributed by atoms with Crippen molar-refractivity contribution in [3.05, 3.63) is 72.2 Å². The standard InChI is InChI=1S/C20H17FN2O3/c21-14-6-2-7-15(10-14)26-18-12-23(11-17(18)24)20(25)16-8-1-4-13-5-3-9-22-19(13)16/h1-10,17-18,24H,11-12H2/t17-,18-/m1/s1. The summed E-state index contributed by atoms with van der Waals surface area (Å²) in [4.78, 5) is 18.8. The van der Waals surface area contributed by atoms with Crippen molar-refractivity contribution >= 4 is 16.8 Å². The predicted molar refractivity (Wildman–Crippen MR) is 94.5 cm³/mol. The van der Waals surface area contributed by atoms with Crippen LogP contribution in [0.4, 0.5) is 4.39 Å². The summed E-state index contributed by atoms with van der Waals surface area (Å²) in [5, 5.41) is 11.2. The third kappa shape index (κ3) is 3.11. The largest absolute Gasteiger partial charge is 0.486 e. The van der Waals surface area contributed by atoms with Gasteiger partial charge in [-0.25, -0.2) is 4.39 Å². The van der Waals surface area contributed by atoms with Crippen LogP contribution in [0.3, 0.4) is 0 Å². The number of hydrogen-bond donors (Lipinski definition) is 1. The summed E-state index contributed by atoms with van der Waals surface area (Å²) in [5.74, 6) is -0.293. The van der Waals surface area contributed by atoms with E-state index in [1.54, 1.807) is 18.3 Å². The highest BCUT2D eigenvalue weighted by atomic mass is 19.1. The molecule has 2 aromatic carbocycles. The number of hydrogen-bond acceptors (Lipinski definition) is 4. The average molecular weight is 352 g/mol. The van der Waals surface area contributed by atoms with E-state index in [0.717, 1.165) is 5.39 Å². The second-order valence-electron chi connectivity index (χ2n) is 6.27. The molecule has 1 N–H and O–H groups in total. The fourth-order valence-electron chi connectivity index (χ4n) is 3.20. The van der Waals surface area contributed by atoms with E-state index in [1.165, 1.54) is 23.1 Å². The molecule has 0 spiro atoms. The number of rotatable bonds is 3. The number of aliphatic hydroxyl groups is 1. The number of nitrogens with zero attached hydrogens (tertiary/aromatic N) is 2. The molecule has 0 saturated carbocycles. The molecule has 1 saturated heterocycles. The molecule has 1 aromatic heterocycles. The second kappa shape index (κ2) is 6.72. The van der Waals surface area contributed by atoms with E-state index in [9.17, 15) is 14.3 Å². The minimum absolute atomic E-state index is 0.155. The van der Waals surface area contributed by atoms with Gasteiger partial charge >= 0.3 is 0 Å². The molecule has 0 bridgehead atoms. The number of pyridine rings is 1. The first-order valence-corrected chi connectivity index (χ1v) is 8.35. The number of ether oxygens (including phenoxy) is 1. The number of β-amino-alcohol motifs (C(OH)–C–C–N with tert-alkyl or cyclic N) is 1. The summed E-state index contributed by atoms with van der Waals surface area (Å²) < 4.78 is 19.0. The molecule has 132 valence electrons. The van der Waals surface area contributed by atoms with E-state index in [4.69, 9.17) is 4.74 Å². The molecular formula is C20H17FN2O3. The van der Waals surface area contributed by atoms with Crippen LogP contribution in [0.15, 0.2) is 60.8 Å². The van der Waals surface area contributed by atoms with Crippen LogP contribution in [-0.2, 0) is 0 Å². The van der Waals surface area contributed by atoms with Crippen LogP contribution in [0.1, 0.15) is 10.4 Å². The minimum Gasteiger partial charge on any atom is -0.486 e. The minimum atomic E-state index is -0.842. The summed E-state index contributed by atoms with van der Waals surface area (Å²) in [6, 6.07) is 14.9. The monoisotopic (exact) mass is 352 g/mol. The molecule has 0 aliphatic carbocycles. The Kier molecular flexibility index (Phi) is 4.26. The third-order valence-electron chi connectivity index (χ3n) is 4.47. The number of carbonyl (C=O) groups excluding carboxylic acids is 1. The third-order valence-corrected chi connectivity index (χ3v) is 4.47. The zero-order chi connectivity index (χ0) is 18.1. The smallest absolute Gasteiger partial charge is 0.256 e. The zero-order valence-corrected chi connectivity index (χ0v) is 13.9. The first kappa shape index (κ1) is 16.5. The van der Waals surface area contributed by atoms with Crippen molar-refractivity contribution in [1.82, 2.24) is 9.88 Å². The number of para-hydroxylation sites is 1. The van der Waals surface area contributed by atoms with Gasteiger partial charge in [0, 0.05) is 17.6 Å². The van der Waals surface area contributed by atoms with E-state index in [-0.39, 0.29) is 19.0 Å².